The van der Waals surface area contributed by atoms with E-state index in [0.29, 0.717) is 17.9 Å². The summed E-state index contributed by atoms with van der Waals surface area (Å²) < 4.78 is 7.85. The summed E-state index contributed by atoms with van der Waals surface area (Å²) in [5, 5.41) is 0. The predicted molar refractivity (Wildman–Crippen MR) is 71.7 cm³/mol. The number of hydrogen-bond donors (Lipinski definition) is 0. The van der Waals surface area contributed by atoms with Crippen LogP contribution in [0, 0.1) is 5.92 Å². The van der Waals surface area contributed by atoms with Crippen LogP contribution in [0.3, 0.4) is 0 Å². The van der Waals surface area contributed by atoms with Crippen molar-refractivity contribution >= 4 is 31.9 Å². The molecule has 88 valence electrons. The van der Waals surface area contributed by atoms with Crippen molar-refractivity contribution in [3.05, 3.63) is 21.2 Å². The zero-order valence-corrected chi connectivity index (χ0v) is 12.4. The minimum atomic E-state index is 0.318. The molecule has 1 aliphatic rings. The van der Waals surface area contributed by atoms with Gasteiger partial charge in [-0.1, -0.05) is 13.3 Å². The Labute approximate surface area is 113 Å². The molecule has 2 unspecified atom stereocenters. The van der Waals surface area contributed by atoms with Gasteiger partial charge in [0.1, 0.15) is 6.10 Å². The summed E-state index contributed by atoms with van der Waals surface area (Å²) in [6, 6.07) is 1.97. The summed E-state index contributed by atoms with van der Waals surface area (Å²) in [5.74, 6) is 1.34. The normalized spacial score (nSPS) is 25.4. The van der Waals surface area contributed by atoms with Gasteiger partial charge in [0.25, 0.3) is 0 Å². The van der Waals surface area contributed by atoms with Gasteiger partial charge in [-0.25, -0.2) is 4.98 Å². The number of nitrogens with zero attached hydrogens (tertiary/aromatic N) is 1. The minimum Gasteiger partial charge on any atom is -0.473 e. The van der Waals surface area contributed by atoms with Crippen LogP contribution in [-0.2, 0) is 0 Å². The van der Waals surface area contributed by atoms with Crippen LogP contribution in [0.2, 0.25) is 0 Å². The Kier molecular flexibility index (Phi) is 4.25. The first-order chi connectivity index (χ1) is 7.66. The SMILES string of the molecule is CC1CCCCC1Oc1ncc(Br)cc1Br. The molecule has 16 heavy (non-hydrogen) atoms. The molecule has 0 aliphatic heterocycles. The van der Waals surface area contributed by atoms with Crippen LogP contribution in [0.25, 0.3) is 0 Å². The topological polar surface area (TPSA) is 22.1 Å². The van der Waals surface area contributed by atoms with Gasteiger partial charge in [-0.15, -0.1) is 0 Å². The van der Waals surface area contributed by atoms with Crippen LogP contribution in [0.1, 0.15) is 32.6 Å². The monoisotopic (exact) mass is 347 g/mol. The van der Waals surface area contributed by atoms with Crippen molar-refractivity contribution in [2.75, 3.05) is 0 Å². The molecule has 2 atom stereocenters. The molecule has 2 nitrogen and oxygen atoms in total. The highest BCUT2D eigenvalue weighted by Gasteiger charge is 2.23. The Morgan fingerprint density at radius 3 is 2.75 bits per heavy atom. The van der Waals surface area contributed by atoms with Crippen LogP contribution in [-0.4, -0.2) is 11.1 Å². The van der Waals surface area contributed by atoms with E-state index in [-0.39, 0.29) is 0 Å². The number of pyridine rings is 1. The van der Waals surface area contributed by atoms with E-state index in [2.05, 4.69) is 43.8 Å². The van der Waals surface area contributed by atoms with Crippen molar-refractivity contribution < 1.29 is 4.74 Å². The van der Waals surface area contributed by atoms with Gasteiger partial charge in [-0.2, -0.15) is 0 Å². The van der Waals surface area contributed by atoms with E-state index < -0.39 is 0 Å². The molecule has 1 heterocycles. The van der Waals surface area contributed by atoms with Crippen molar-refractivity contribution in [3.8, 4) is 5.88 Å². The van der Waals surface area contributed by atoms with Gasteiger partial charge in [-0.3, -0.25) is 0 Å². The number of ether oxygens (including phenoxy) is 1. The molecule has 4 heteroatoms. The second-order valence-electron chi connectivity index (χ2n) is 4.36. The summed E-state index contributed by atoms with van der Waals surface area (Å²) >= 11 is 6.86. The second-order valence-corrected chi connectivity index (χ2v) is 6.13. The van der Waals surface area contributed by atoms with E-state index in [1.54, 1.807) is 6.20 Å². The van der Waals surface area contributed by atoms with E-state index in [9.17, 15) is 0 Å². The van der Waals surface area contributed by atoms with E-state index in [1.807, 2.05) is 6.07 Å². The van der Waals surface area contributed by atoms with Crippen LogP contribution in [0.5, 0.6) is 5.88 Å². The summed E-state index contributed by atoms with van der Waals surface area (Å²) in [4.78, 5) is 4.29. The predicted octanol–water partition coefficient (Wildman–Crippen LogP) is 4.56. The molecule has 0 N–H and O–H groups in total. The first-order valence-electron chi connectivity index (χ1n) is 5.64. The Morgan fingerprint density at radius 1 is 1.31 bits per heavy atom. The third-order valence-corrected chi connectivity index (χ3v) is 4.07. The molecular weight excluding hydrogens is 334 g/mol. The lowest BCUT2D eigenvalue weighted by molar-refractivity contribution is 0.0967. The Hall–Kier alpha value is -0.0900. The molecule has 0 saturated heterocycles. The Bertz CT molecular complexity index is 370. The fourth-order valence-corrected chi connectivity index (χ4v) is 3.17. The molecule has 1 fully saturated rings. The van der Waals surface area contributed by atoms with Gasteiger partial charge in [0.2, 0.25) is 5.88 Å². The van der Waals surface area contributed by atoms with Crippen molar-refractivity contribution in [3.63, 3.8) is 0 Å². The maximum absolute atomic E-state index is 5.97. The van der Waals surface area contributed by atoms with E-state index in [4.69, 9.17) is 4.74 Å². The summed E-state index contributed by atoms with van der Waals surface area (Å²) in [7, 11) is 0. The zero-order chi connectivity index (χ0) is 11.5. The molecule has 0 radical (unpaired) electrons. The lowest BCUT2D eigenvalue weighted by Gasteiger charge is -2.29. The average Bonchev–Trinajstić information content (AvgIpc) is 2.25. The molecule has 0 aromatic carbocycles. The van der Waals surface area contributed by atoms with Crippen LogP contribution >= 0.6 is 31.9 Å². The van der Waals surface area contributed by atoms with Crippen LogP contribution in [0.4, 0.5) is 0 Å². The summed E-state index contributed by atoms with van der Waals surface area (Å²) in [6.45, 7) is 2.26. The Balaban J connectivity index is 2.07. The maximum Gasteiger partial charge on any atom is 0.228 e. The summed E-state index contributed by atoms with van der Waals surface area (Å²) in [5.41, 5.74) is 0. The fourth-order valence-electron chi connectivity index (χ4n) is 2.09. The quantitative estimate of drug-likeness (QED) is 0.781. The van der Waals surface area contributed by atoms with Gasteiger partial charge in [0.15, 0.2) is 0 Å². The second kappa shape index (κ2) is 5.50. The lowest BCUT2D eigenvalue weighted by Crippen LogP contribution is -2.28. The molecule has 0 bridgehead atoms. The highest BCUT2D eigenvalue weighted by Crippen LogP contribution is 2.31. The van der Waals surface area contributed by atoms with Crippen LogP contribution < -0.4 is 4.74 Å². The van der Waals surface area contributed by atoms with Gasteiger partial charge in [-0.05, 0) is 63.1 Å². The molecule has 2 rings (SSSR count). The van der Waals surface area contributed by atoms with Crippen molar-refractivity contribution in [2.45, 2.75) is 38.7 Å². The van der Waals surface area contributed by atoms with Crippen molar-refractivity contribution in [1.29, 1.82) is 0 Å². The number of rotatable bonds is 2. The largest absolute Gasteiger partial charge is 0.473 e. The van der Waals surface area contributed by atoms with E-state index in [0.717, 1.165) is 15.4 Å². The maximum atomic E-state index is 5.97. The highest BCUT2D eigenvalue weighted by atomic mass is 79.9. The fraction of sp³-hybridized carbons (Fsp3) is 0.583. The third kappa shape index (κ3) is 2.98. The Morgan fingerprint density at radius 2 is 2.06 bits per heavy atom. The first-order valence-corrected chi connectivity index (χ1v) is 7.23. The van der Waals surface area contributed by atoms with Crippen molar-refractivity contribution in [2.24, 2.45) is 5.92 Å². The lowest BCUT2D eigenvalue weighted by atomic mass is 9.88. The highest BCUT2D eigenvalue weighted by molar-refractivity contribution is 9.11. The van der Waals surface area contributed by atoms with Gasteiger partial charge >= 0.3 is 0 Å². The van der Waals surface area contributed by atoms with Gasteiger partial charge in [0.05, 0.1) is 4.47 Å². The standard InChI is InChI=1S/C12H15Br2NO/c1-8-4-2-3-5-11(8)16-12-10(14)6-9(13)7-15-12/h6-8,11H,2-5H2,1H3. The van der Waals surface area contributed by atoms with Gasteiger partial charge in [0, 0.05) is 10.7 Å². The number of aromatic nitrogens is 1. The molecule has 0 spiro atoms. The van der Waals surface area contributed by atoms with E-state index >= 15 is 0 Å². The molecule has 1 saturated carbocycles. The average molecular weight is 349 g/mol. The molecule has 0 amide bonds. The number of hydrogen-bond acceptors (Lipinski definition) is 2. The third-order valence-electron chi connectivity index (χ3n) is 3.07. The van der Waals surface area contributed by atoms with Crippen molar-refractivity contribution in [1.82, 2.24) is 4.98 Å². The van der Waals surface area contributed by atoms with Gasteiger partial charge < -0.3 is 4.74 Å². The summed E-state index contributed by atoms with van der Waals surface area (Å²) in [6.07, 6.45) is 7.09. The van der Waals surface area contributed by atoms with Crippen LogP contribution in [0.15, 0.2) is 21.2 Å². The molecular formula is C12H15Br2NO. The molecule has 1 aromatic heterocycles. The minimum absolute atomic E-state index is 0.318. The first kappa shape index (κ1) is 12.4. The smallest absolute Gasteiger partial charge is 0.228 e. The van der Waals surface area contributed by atoms with E-state index in [1.165, 1.54) is 19.3 Å². The number of halogens is 2. The molecule has 1 aromatic rings. The molecule has 1 aliphatic carbocycles. The zero-order valence-electron chi connectivity index (χ0n) is 9.25.